The molecule has 1 aromatic carbocycles. The minimum Gasteiger partial charge on any atom is -0.490 e. The number of aromatic nitrogens is 1. The average molecular weight is 338 g/mol. The van der Waals surface area contributed by atoms with Gasteiger partial charge in [0.1, 0.15) is 11.9 Å². The Balaban J connectivity index is 1.50. The molecular formula is C20H26N4O. The van der Waals surface area contributed by atoms with Gasteiger partial charge in [0.05, 0.1) is 12.2 Å². The van der Waals surface area contributed by atoms with Gasteiger partial charge in [0.15, 0.2) is 5.96 Å². The number of benzene rings is 1. The number of guanidine groups is 1. The van der Waals surface area contributed by atoms with Crippen LogP contribution in [0.2, 0.25) is 0 Å². The van der Waals surface area contributed by atoms with Gasteiger partial charge in [0, 0.05) is 39.2 Å². The number of rotatable bonds is 4. The van der Waals surface area contributed by atoms with Gasteiger partial charge in [-0.25, -0.2) is 0 Å². The first-order chi connectivity index (χ1) is 12.3. The van der Waals surface area contributed by atoms with Gasteiger partial charge >= 0.3 is 0 Å². The number of ether oxygens (including phenoxy) is 1. The number of nitrogens with zero attached hydrogens (tertiary/aromatic N) is 3. The summed E-state index contributed by atoms with van der Waals surface area (Å²) in [4.78, 5) is 11.2. The number of hydrogen-bond donors (Lipinski definition) is 1. The van der Waals surface area contributed by atoms with Gasteiger partial charge in [-0.15, -0.1) is 0 Å². The lowest BCUT2D eigenvalue weighted by molar-refractivity contribution is 0.129. The molecule has 0 spiro atoms. The third kappa shape index (κ3) is 4.72. The van der Waals surface area contributed by atoms with Crippen LogP contribution in [0.3, 0.4) is 0 Å². The van der Waals surface area contributed by atoms with Crippen LogP contribution >= 0.6 is 0 Å². The summed E-state index contributed by atoms with van der Waals surface area (Å²) in [6, 6.07) is 14.1. The van der Waals surface area contributed by atoms with E-state index >= 15 is 0 Å². The van der Waals surface area contributed by atoms with Gasteiger partial charge in [-0.05, 0) is 30.7 Å². The Hall–Kier alpha value is -2.56. The lowest BCUT2D eigenvalue weighted by Gasteiger charge is -2.34. The van der Waals surface area contributed by atoms with Crippen molar-refractivity contribution in [3.05, 3.63) is 59.9 Å². The molecule has 1 saturated heterocycles. The van der Waals surface area contributed by atoms with Crippen molar-refractivity contribution in [1.29, 1.82) is 0 Å². The number of nitrogens with one attached hydrogen (secondary N) is 1. The van der Waals surface area contributed by atoms with Crippen molar-refractivity contribution in [2.45, 2.75) is 32.4 Å². The maximum Gasteiger partial charge on any atom is 0.193 e. The molecule has 1 aliphatic heterocycles. The van der Waals surface area contributed by atoms with E-state index in [0.717, 1.165) is 43.3 Å². The highest BCUT2D eigenvalue weighted by atomic mass is 16.5. The number of likely N-dealkylation sites (tertiary alicyclic amines) is 1. The fraction of sp³-hybridized carbons (Fsp3) is 0.400. The van der Waals surface area contributed by atoms with Crippen LogP contribution in [0.15, 0.2) is 53.7 Å². The Kier molecular flexibility index (Phi) is 5.88. The summed E-state index contributed by atoms with van der Waals surface area (Å²) < 4.78 is 6.07. The molecule has 0 amide bonds. The molecule has 1 aliphatic rings. The maximum atomic E-state index is 6.07. The first-order valence-electron chi connectivity index (χ1n) is 8.84. The third-order valence-electron chi connectivity index (χ3n) is 4.53. The molecule has 0 atom stereocenters. The van der Waals surface area contributed by atoms with Crippen molar-refractivity contribution >= 4 is 5.96 Å². The topological polar surface area (TPSA) is 49.8 Å². The van der Waals surface area contributed by atoms with E-state index in [-0.39, 0.29) is 6.10 Å². The predicted octanol–water partition coefficient (Wildman–Crippen LogP) is 3.01. The standard InChI is InChI=1S/C20H26N4O/c1-16-7-6-12-22-19(16)15-23-20(21-2)24-13-10-18(11-14-24)25-17-8-4-3-5-9-17/h3-9,12,18H,10-11,13-15H2,1-2H3,(H,21,23). The Morgan fingerprint density at radius 1 is 1.20 bits per heavy atom. The fourth-order valence-electron chi connectivity index (χ4n) is 3.08. The van der Waals surface area contributed by atoms with Crippen LogP contribution in [0.1, 0.15) is 24.1 Å². The van der Waals surface area contributed by atoms with Crippen molar-refractivity contribution in [1.82, 2.24) is 15.2 Å². The van der Waals surface area contributed by atoms with Crippen LogP contribution in [0.5, 0.6) is 5.75 Å². The zero-order valence-corrected chi connectivity index (χ0v) is 15.0. The first kappa shape index (κ1) is 17.3. The minimum atomic E-state index is 0.273. The van der Waals surface area contributed by atoms with Gasteiger partial charge < -0.3 is 15.0 Å². The van der Waals surface area contributed by atoms with Crippen LogP contribution in [0, 0.1) is 6.92 Å². The van der Waals surface area contributed by atoms with Crippen molar-refractivity contribution < 1.29 is 4.74 Å². The molecule has 0 unspecified atom stereocenters. The maximum absolute atomic E-state index is 6.07. The second-order valence-electron chi connectivity index (χ2n) is 6.29. The first-order valence-corrected chi connectivity index (χ1v) is 8.84. The van der Waals surface area contributed by atoms with E-state index in [1.165, 1.54) is 5.56 Å². The molecule has 132 valence electrons. The van der Waals surface area contributed by atoms with E-state index in [4.69, 9.17) is 4.74 Å². The van der Waals surface area contributed by atoms with E-state index in [0.29, 0.717) is 6.54 Å². The van der Waals surface area contributed by atoms with Crippen LogP contribution in [0.25, 0.3) is 0 Å². The monoisotopic (exact) mass is 338 g/mol. The second-order valence-corrected chi connectivity index (χ2v) is 6.29. The molecular weight excluding hydrogens is 312 g/mol. The third-order valence-corrected chi connectivity index (χ3v) is 4.53. The molecule has 1 aromatic heterocycles. The predicted molar refractivity (Wildman–Crippen MR) is 101 cm³/mol. The average Bonchev–Trinajstić information content (AvgIpc) is 2.66. The van der Waals surface area contributed by atoms with Crippen LogP contribution in [0.4, 0.5) is 0 Å². The van der Waals surface area contributed by atoms with Gasteiger partial charge in [0.2, 0.25) is 0 Å². The Bertz CT molecular complexity index is 694. The number of piperidine rings is 1. The van der Waals surface area contributed by atoms with E-state index < -0.39 is 0 Å². The number of pyridine rings is 1. The molecule has 0 bridgehead atoms. The van der Waals surface area contributed by atoms with Crippen molar-refractivity contribution in [3.63, 3.8) is 0 Å². The number of aryl methyl sites for hydroxylation is 1. The van der Waals surface area contributed by atoms with Gasteiger partial charge in [-0.1, -0.05) is 24.3 Å². The highest BCUT2D eigenvalue weighted by Crippen LogP contribution is 2.18. The fourth-order valence-corrected chi connectivity index (χ4v) is 3.08. The van der Waals surface area contributed by atoms with Crippen LogP contribution in [-0.2, 0) is 6.54 Å². The molecule has 0 aliphatic carbocycles. The van der Waals surface area contributed by atoms with Crippen LogP contribution in [-0.4, -0.2) is 42.1 Å². The van der Waals surface area contributed by atoms with Gasteiger partial charge in [0.25, 0.3) is 0 Å². The quantitative estimate of drug-likeness (QED) is 0.688. The molecule has 5 nitrogen and oxygen atoms in total. The number of para-hydroxylation sites is 1. The highest BCUT2D eigenvalue weighted by Gasteiger charge is 2.22. The second kappa shape index (κ2) is 8.51. The zero-order valence-electron chi connectivity index (χ0n) is 15.0. The smallest absolute Gasteiger partial charge is 0.193 e. The molecule has 0 saturated carbocycles. The molecule has 0 radical (unpaired) electrons. The molecule has 1 N–H and O–H groups in total. The van der Waals surface area contributed by atoms with Gasteiger partial charge in [-0.3, -0.25) is 9.98 Å². The minimum absolute atomic E-state index is 0.273. The molecule has 2 aromatic rings. The van der Waals surface area contributed by atoms with Crippen molar-refractivity contribution in [2.75, 3.05) is 20.1 Å². The van der Waals surface area contributed by atoms with Crippen molar-refractivity contribution in [3.8, 4) is 5.75 Å². The molecule has 3 rings (SSSR count). The molecule has 5 heteroatoms. The van der Waals surface area contributed by atoms with E-state index in [1.54, 1.807) is 0 Å². The summed E-state index contributed by atoms with van der Waals surface area (Å²) in [6.45, 7) is 4.66. The Morgan fingerprint density at radius 2 is 1.96 bits per heavy atom. The highest BCUT2D eigenvalue weighted by molar-refractivity contribution is 5.79. The van der Waals surface area contributed by atoms with E-state index in [9.17, 15) is 0 Å². The summed E-state index contributed by atoms with van der Waals surface area (Å²) in [5.41, 5.74) is 2.26. The summed E-state index contributed by atoms with van der Waals surface area (Å²) in [5, 5.41) is 3.43. The molecule has 25 heavy (non-hydrogen) atoms. The lowest BCUT2D eigenvalue weighted by atomic mass is 10.1. The lowest BCUT2D eigenvalue weighted by Crippen LogP contribution is -2.47. The summed E-state index contributed by atoms with van der Waals surface area (Å²) in [7, 11) is 1.83. The number of aliphatic imine (C=N–C) groups is 1. The largest absolute Gasteiger partial charge is 0.490 e. The van der Waals surface area contributed by atoms with Crippen molar-refractivity contribution in [2.24, 2.45) is 4.99 Å². The van der Waals surface area contributed by atoms with E-state index in [2.05, 4.69) is 33.2 Å². The molecule has 1 fully saturated rings. The normalized spacial score (nSPS) is 15.9. The summed E-state index contributed by atoms with van der Waals surface area (Å²) in [6.07, 6.45) is 4.10. The Labute approximate surface area is 149 Å². The SMILES string of the molecule is CN=C(NCc1ncccc1C)N1CCC(Oc2ccccc2)CC1. The number of hydrogen-bond acceptors (Lipinski definition) is 3. The molecule has 2 heterocycles. The van der Waals surface area contributed by atoms with Crippen LogP contribution < -0.4 is 10.1 Å². The summed E-state index contributed by atoms with van der Waals surface area (Å²) in [5.74, 6) is 1.89. The zero-order chi connectivity index (χ0) is 17.5. The van der Waals surface area contributed by atoms with E-state index in [1.807, 2.05) is 49.6 Å². The Morgan fingerprint density at radius 3 is 2.64 bits per heavy atom. The van der Waals surface area contributed by atoms with Gasteiger partial charge in [-0.2, -0.15) is 0 Å². The summed E-state index contributed by atoms with van der Waals surface area (Å²) >= 11 is 0.